The summed E-state index contributed by atoms with van der Waals surface area (Å²) in [6, 6.07) is 10.8. The van der Waals surface area contributed by atoms with Gasteiger partial charge in [0.1, 0.15) is 5.76 Å². The molecule has 0 bridgehead atoms. The van der Waals surface area contributed by atoms with Crippen LogP contribution in [-0.2, 0) is 6.42 Å². The smallest absolute Gasteiger partial charge is 0.252 e. The van der Waals surface area contributed by atoms with Crippen LogP contribution < -0.4 is 16.0 Å². The van der Waals surface area contributed by atoms with Gasteiger partial charge in [0.05, 0.1) is 16.8 Å². The first-order valence-corrected chi connectivity index (χ1v) is 8.08. The van der Waals surface area contributed by atoms with Crippen LogP contribution in [0.15, 0.2) is 52.1 Å². The Kier molecular flexibility index (Phi) is 7.17. The molecular formula is C17H21ClN4O2. The molecule has 0 aliphatic rings. The molecule has 0 spiro atoms. The maximum atomic E-state index is 12.0. The minimum Gasteiger partial charge on any atom is -0.469 e. The molecule has 1 amide bonds. The van der Waals surface area contributed by atoms with Crippen molar-refractivity contribution < 1.29 is 9.21 Å². The zero-order chi connectivity index (χ0) is 17.2. The van der Waals surface area contributed by atoms with E-state index in [1.165, 1.54) is 0 Å². The van der Waals surface area contributed by atoms with E-state index in [9.17, 15) is 4.79 Å². The molecule has 2 rings (SSSR count). The van der Waals surface area contributed by atoms with Crippen molar-refractivity contribution in [3.63, 3.8) is 0 Å². The van der Waals surface area contributed by atoms with E-state index in [0.29, 0.717) is 36.2 Å². The van der Waals surface area contributed by atoms with Crippen molar-refractivity contribution in [2.24, 2.45) is 4.99 Å². The summed E-state index contributed by atoms with van der Waals surface area (Å²) in [5, 5.41) is 9.57. The Morgan fingerprint density at radius 2 is 1.83 bits per heavy atom. The first-order chi connectivity index (χ1) is 11.7. The van der Waals surface area contributed by atoms with Gasteiger partial charge >= 0.3 is 0 Å². The molecule has 1 heterocycles. The van der Waals surface area contributed by atoms with Gasteiger partial charge in [0.25, 0.3) is 5.91 Å². The lowest BCUT2D eigenvalue weighted by molar-refractivity contribution is 0.0954. The van der Waals surface area contributed by atoms with Gasteiger partial charge in [-0.3, -0.25) is 9.79 Å². The van der Waals surface area contributed by atoms with Gasteiger partial charge in [0.2, 0.25) is 0 Å². The molecule has 24 heavy (non-hydrogen) atoms. The summed E-state index contributed by atoms with van der Waals surface area (Å²) in [7, 11) is 1.70. The van der Waals surface area contributed by atoms with Crippen LogP contribution in [0.1, 0.15) is 16.1 Å². The highest BCUT2D eigenvalue weighted by atomic mass is 35.5. The number of benzene rings is 1. The molecule has 0 atom stereocenters. The Hall–Kier alpha value is -2.47. The average Bonchev–Trinajstić information content (AvgIpc) is 3.10. The SMILES string of the molecule is CN=C(NCCNC(=O)c1ccccc1Cl)NCCc1ccco1. The predicted molar refractivity (Wildman–Crippen MR) is 95.6 cm³/mol. The van der Waals surface area contributed by atoms with Gasteiger partial charge in [-0.25, -0.2) is 0 Å². The summed E-state index contributed by atoms with van der Waals surface area (Å²) in [6.45, 7) is 1.72. The van der Waals surface area contributed by atoms with Crippen molar-refractivity contribution in [3.8, 4) is 0 Å². The Bertz CT molecular complexity index is 671. The molecule has 0 unspecified atom stereocenters. The Morgan fingerprint density at radius 1 is 1.08 bits per heavy atom. The van der Waals surface area contributed by atoms with Crippen LogP contribution in [0.25, 0.3) is 0 Å². The van der Waals surface area contributed by atoms with E-state index in [1.54, 1.807) is 37.6 Å². The molecule has 7 heteroatoms. The lowest BCUT2D eigenvalue weighted by Crippen LogP contribution is -2.42. The van der Waals surface area contributed by atoms with Crippen LogP contribution >= 0.6 is 11.6 Å². The maximum Gasteiger partial charge on any atom is 0.252 e. The van der Waals surface area contributed by atoms with E-state index in [1.807, 2.05) is 12.1 Å². The monoisotopic (exact) mass is 348 g/mol. The van der Waals surface area contributed by atoms with Crippen LogP contribution in [0.5, 0.6) is 0 Å². The average molecular weight is 349 g/mol. The minimum atomic E-state index is -0.192. The molecule has 0 radical (unpaired) electrons. The zero-order valence-corrected chi connectivity index (χ0v) is 14.3. The lowest BCUT2D eigenvalue weighted by atomic mass is 10.2. The molecule has 0 fully saturated rings. The fourth-order valence-corrected chi connectivity index (χ4v) is 2.30. The highest BCUT2D eigenvalue weighted by Crippen LogP contribution is 2.14. The second kappa shape index (κ2) is 9.62. The third-order valence-corrected chi connectivity index (χ3v) is 3.62. The van der Waals surface area contributed by atoms with Gasteiger partial charge in [0, 0.05) is 33.1 Å². The molecule has 128 valence electrons. The molecule has 0 saturated heterocycles. The topological polar surface area (TPSA) is 78.7 Å². The fourth-order valence-electron chi connectivity index (χ4n) is 2.08. The van der Waals surface area contributed by atoms with Crippen LogP contribution in [-0.4, -0.2) is 38.5 Å². The van der Waals surface area contributed by atoms with E-state index < -0.39 is 0 Å². The van der Waals surface area contributed by atoms with Gasteiger partial charge in [-0.1, -0.05) is 23.7 Å². The molecule has 0 aliphatic heterocycles. The predicted octanol–water partition coefficient (Wildman–Crippen LogP) is 2.07. The third kappa shape index (κ3) is 5.62. The molecular weight excluding hydrogens is 328 g/mol. The van der Waals surface area contributed by atoms with Gasteiger partial charge < -0.3 is 20.4 Å². The van der Waals surface area contributed by atoms with E-state index in [2.05, 4.69) is 20.9 Å². The summed E-state index contributed by atoms with van der Waals surface area (Å²) >= 11 is 5.99. The molecule has 0 saturated carbocycles. The molecule has 6 nitrogen and oxygen atoms in total. The van der Waals surface area contributed by atoms with Crippen molar-refractivity contribution in [1.82, 2.24) is 16.0 Å². The number of nitrogens with zero attached hydrogens (tertiary/aromatic N) is 1. The summed E-state index contributed by atoms with van der Waals surface area (Å²) in [6.07, 6.45) is 2.43. The van der Waals surface area contributed by atoms with Gasteiger partial charge in [-0.2, -0.15) is 0 Å². The van der Waals surface area contributed by atoms with Gasteiger partial charge in [-0.05, 0) is 24.3 Å². The zero-order valence-electron chi connectivity index (χ0n) is 13.5. The first kappa shape index (κ1) is 17.9. The molecule has 1 aromatic heterocycles. The van der Waals surface area contributed by atoms with Crippen LogP contribution in [0.3, 0.4) is 0 Å². The number of carbonyl (C=O) groups is 1. The number of rotatable bonds is 7. The lowest BCUT2D eigenvalue weighted by Gasteiger charge is -2.12. The Labute approximate surface area is 146 Å². The van der Waals surface area contributed by atoms with E-state index >= 15 is 0 Å². The first-order valence-electron chi connectivity index (χ1n) is 7.70. The third-order valence-electron chi connectivity index (χ3n) is 3.29. The quantitative estimate of drug-likeness (QED) is 0.406. The van der Waals surface area contributed by atoms with E-state index in [-0.39, 0.29) is 5.91 Å². The van der Waals surface area contributed by atoms with Crippen molar-refractivity contribution in [1.29, 1.82) is 0 Å². The number of amides is 1. The number of aliphatic imine (C=N–C) groups is 1. The van der Waals surface area contributed by atoms with Crippen LogP contribution in [0.2, 0.25) is 5.02 Å². The van der Waals surface area contributed by atoms with E-state index in [4.69, 9.17) is 16.0 Å². The number of halogens is 1. The van der Waals surface area contributed by atoms with Crippen molar-refractivity contribution >= 4 is 23.5 Å². The summed E-state index contributed by atoms with van der Waals surface area (Å²) < 4.78 is 5.27. The summed E-state index contributed by atoms with van der Waals surface area (Å²) in [5.74, 6) is 1.40. The Balaban J connectivity index is 1.65. The number of carbonyl (C=O) groups excluding carboxylic acids is 1. The highest BCUT2D eigenvalue weighted by Gasteiger charge is 2.08. The summed E-state index contributed by atoms with van der Waals surface area (Å²) in [5.41, 5.74) is 0.472. The number of hydrogen-bond acceptors (Lipinski definition) is 3. The van der Waals surface area contributed by atoms with Gasteiger partial charge in [0.15, 0.2) is 5.96 Å². The van der Waals surface area contributed by atoms with Crippen LogP contribution in [0, 0.1) is 0 Å². The van der Waals surface area contributed by atoms with Crippen molar-refractivity contribution in [3.05, 3.63) is 59.0 Å². The number of furan rings is 1. The number of nitrogens with one attached hydrogen (secondary N) is 3. The number of guanidine groups is 1. The standard InChI is InChI=1S/C17H21ClN4O2/c1-19-17(21-9-8-13-5-4-12-24-13)22-11-10-20-16(23)14-6-2-3-7-15(14)18/h2-7,12H,8-11H2,1H3,(H,20,23)(H2,19,21,22). The van der Waals surface area contributed by atoms with E-state index in [0.717, 1.165) is 12.2 Å². The van der Waals surface area contributed by atoms with Crippen LogP contribution in [0.4, 0.5) is 0 Å². The Morgan fingerprint density at radius 3 is 2.54 bits per heavy atom. The molecule has 0 aliphatic carbocycles. The van der Waals surface area contributed by atoms with Gasteiger partial charge in [-0.15, -0.1) is 0 Å². The summed E-state index contributed by atoms with van der Waals surface area (Å²) in [4.78, 5) is 16.1. The fraction of sp³-hybridized carbons (Fsp3) is 0.294. The second-order valence-corrected chi connectivity index (χ2v) is 5.40. The number of hydrogen-bond donors (Lipinski definition) is 3. The van der Waals surface area contributed by atoms with Crippen molar-refractivity contribution in [2.75, 3.05) is 26.7 Å². The molecule has 2 aromatic rings. The maximum absolute atomic E-state index is 12.0. The molecule has 3 N–H and O–H groups in total. The highest BCUT2D eigenvalue weighted by molar-refractivity contribution is 6.33. The minimum absolute atomic E-state index is 0.192. The second-order valence-electron chi connectivity index (χ2n) is 4.99. The molecule has 1 aromatic carbocycles. The normalized spacial score (nSPS) is 11.2. The van der Waals surface area contributed by atoms with Crippen molar-refractivity contribution in [2.45, 2.75) is 6.42 Å². The largest absolute Gasteiger partial charge is 0.469 e.